The van der Waals surface area contributed by atoms with E-state index in [0.717, 1.165) is 4.57 Å². The molecule has 0 aliphatic carbocycles. The topological polar surface area (TPSA) is 107 Å². The van der Waals surface area contributed by atoms with Gasteiger partial charge in [-0.2, -0.15) is 0 Å². The van der Waals surface area contributed by atoms with Gasteiger partial charge in [0.1, 0.15) is 12.4 Å². The lowest BCUT2D eigenvalue weighted by molar-refractivity contribution is -0.138. The summed E-state index contributed by atoms with van der Waals surface area (Å²) in [4.78, 5) is 25.7. The molecule has 1 aromatic heterocycles. The second-order valence-corrected chi connectivity index (χ2v) is 3.10. The van der Waals surface area contributed by atoms with Gasteiger partial charge in [0.2, 0.25) is 0 Å². The summed E-state index contributed by atoms with van der Waals surface area (Å²) in [6.07, 6.45) is 2.09. The van der Waals surface area contributed by atoms with Crippen molar-refractivity contribution in [1.82, 2.24) is 9.55 Å². The molecule has 3 N–H and O–H groups in total. The molecule has 7 nitrogen and oxygen atoms in total. The van der Waals surface area contributed by atoms with Crippen LogP contribution in [-0.4, -0.2) is 39.4 Å². The number of hydrogen-bond acceptors (Lipinski definition) is 5. The molecule has 0 bridgehead atoms. The van der Waals surface area contributed by atoms with Crippen LogP contribution in [0.25, 0.3) is 0 Å². The molecule has 0 saturated carbocycles. The molecule has 0 aliphatic heterocycles. The molecule has 0 amide bonds. The van der Waals surface area contributed by atoms with Gasteiger partial charge in [-0.05, 0) is 6.92 Å². The summed E-state index contributed by atoms with van der Waals surface area (Å²) < 4.78 is 5.91. The summed E-state index contributed by atoms with van der Waals surface area (Å²) in [5.74, 6) is -1.13. The normalized spacial score (nSPS) is 12.1. The molecular weight excluding hydrogens is 214 g/mol. The molecular formula is C9H13N3O4. The lowest BCUT2D eigenvalue weighted by Crippen LogP contribution is -2.33. The lowest BCUT2D eigenvalue weighted by Gasteiger charge is -2.08. The van der Waals surface area contributed by atoms with Crippen LogP contribution in [0.4, 0.5) is 4.79 Å². The number of rotatable bonds is 4. The summed E-state index contributed by atoms with van der Waals surface area (Å²) in [5.41, 5.74) is 5.77. The van der Waals surface area contributed by atoms with E-state index in [9.17, 15) is 9.59 Å². The first-order valence-corrected chi connectivity index (χ1v) is 4.73. The number of carboxylic acids is 1. The zero-order valence-electron chi connectivity index (χ0n) is 8.79. The smallest absolute Gasteiger partial charge is 0.419 e. The van der Waals surface area contributed by atoms with Gasteiger partial charge in [0.25, 0.3) is 0 Å². The van der Waals surface area contributed by atoms with E-state index in [4.69, 9.17) is 15.6 Å². The van der Waals surface area contributed by atoms with Crippen molar-refractivity contribution in [3.05, 3.63) is 18.2 Å². The molecule has 1 rings (SSSR count). The zero-order chi connectivity index (χ0) is 12.1. The molecule has 1 heterocycles. The van der Waals surface area contributed by atoms with Crippen LogP contribution in [0.1, 0.15) is 12.6 Å². The zero-order valence-corrected chi connectivity index (χ0v) is 8.79. The van der Waals surface area contributed by atoms with Crippen molar-refractivity contribution in [2.45, 2.75) is 19.4 Å². The Morgan fingerprint density at radius 3 is 2.94 bits per heavy atom. The highest BCUT2D eigenvalue weighted by molar-refractivity contribution is 5.74. The number of aromatic nitrogens is 2. The number of imidazole rings is 1. The van der Waals surface area contributed by atoms with Crippen LogP contribution in [0.5, 0.6) is 0 Å². The van der Waals surface area contributed by atoms with Crippen molar-refractivity contribution in [1.29, 1.82) is 0 Å². The Hall–Kier alpha value is -1.89. The van der Waals surface area contributed by atoms with Crippen molar-refractivity contribution in [2.24, 2.45) is 5.73 Å². The van der Waals surface area contributed by atoms with Crippen molar-refractivity contribution in [2.75, 3.05) is 6.61 Å². The third-order valence-corrected chi connectivity index (χ3v) is 1.93. The van der Waals surface area contributed by atoms with E-state index in [0.29, 0.717) is 5.69 Å². The molecule has 1 aromatic rings. The van der Waals surface area contributed by atoms with Gasteiger partial charge in [-0.25, -0.2) is 14.3 Å². The van der Waals surface area contributed by atoms with Gasteiger partial charge in [0.05, 0.1) is 12.3 Å². The van der Waals surface area contributed by atoms with Crippen LogP contribution in [0.15, 0.2) is 12.5 Å². The van der Waals surface area contributed by atoms with Gasteiger partial charge in [-0.3, -0.25) is 4.79 Å². The molecule has 0 spiro atoms. The van der Waals surface area contributed by atoms with Gasteiger partial charge in [0.15, 0.2) is 0 Å². The van der Waals surface area contributed by atoms with Crippen LogP contribution in [0, 0.1) is 0 Å². The Bertz CT molecular complexity index is 388. The monoisotopic (exact) mass is 227 g/mol. The molecule has 0 aliphatic rings. The fraction of sp³-hybridized carbons (Fsp3) is 0.444. The molecule has 0 aromatic carbocycles. The van der Waals surface area contributed by atoms with E-state index in [2.05, 4.69) is 4.98 Å². The predicted octanol–water partition coefficient (Wildman–Crippen LogP) is -0.158. The molecule has 0 saturated heterocycles. The maximum Gasteiger partial charge on any atom is 0.419 e. The summed E-state index contributed by atoms with van der Waals surface area (Å²) in [5, 5.41) is 8.64. The Labute approximate surface area is 91.8 Å². The van der Waals surface area contributed by atoms with Crippen LogP contribution >= 0.6 is 0 Å². The van der Waals surface area contributed by atoms with Crippen molar-refractivity contribution in [3.8, 4) is 0 Å². The van der Waals surface area contributed by atoms with Gasteiger partial charge >= 0.3 is 12.1 Å². The second-order valence-electron chi connectivity index (χ2n) is 3.10. The third-order valence-electron chi connectivity index (χ3n) is 1.93. The molecule has 16 heavy (non-hydrogen) atoms. The quantitative estimate of drug-likeness (QED) is 0.740. The number of carbonyl (C=O) groups excluding carboxylic acids is 1. The molecule has 0 unspecified atom stereocenters. The highest BCUT2D eigenvalue weighted by atomic mass is 16.5. The van der Waals surface area contributed by atoms with Gasteiger partial charge in [-0.1, -0.05) is 0 Å². The summed E-state index contributed by atoms with van der Waals surface area (Å²) >= 11 is 0. The van der Waals surface area contributed by atoms with Gasteiger partial charge in [-0.15, -0.1) is 0 Å². The highest BCUT2D eigenvalue weighted by Gasteiger charge is 2.17. The predicted molar refractivity (Wildman–Crippen MR) is 54.0 cm³/mol. The minimum atomic E-state index is -1.13. The maximum absolute atomic E-state index is 11.4. The Morgan fingerprint density at radius 2 is 2.38 bits per heavy atom. The highest BCUT2D eigenvalue weighted by Crippen LogP contribution is 2.04. The number of carboxylic acid groups (broad SMARTS) is 1. The van der Waals surface area contributed by atoms with Crippen LogP contribution in [-0.2, 0) is 16.0 Å². The third kappa shape index (κ3) is 2.80. The molecule has 1 atom stereocenters. The Balaban J connectivity index is 2.78. The Kier molecular flexibility index (Phi) is 4.01. The van der Waals surface area contributed by atoms with Crippen LogP contribution < -0.4 is 5.73 Å². The minimum absolute atomic E-state index is 0.0220. The number of carbonyl (C=O) groups is 2. The van der Waals surface area contributed by atoms with E-state index in [-0.39, 0.29) is 13.0 Å². The molecule has 7 heteroatoms. The lowest BCUT2D eigenvalue weighted by atomic mass is 10.2. The molecule has 0 radical (unpaired) electrons. The fourth-order valence-electron chi connectivity index (χ4n) is 1.14. The number of ether oxygens (including phenoxy) is 1. The van der Waals surface area contributed by atoms with Crippen LogP contribution in [0.3, 0.4) is 0 Å². The fourth-order valence-corrected chi connectivity index (χ4v) is 1.14. The number of nitrogens with zero attached hydrogens (tertiary/aromatic N) is 2. The standard InChI is InChI=1S/C9H13N3O4/c1-2-16-9(15)12-5-11-4-6(12)3-7(10)8(13)14/h4-5,7H,2-3,10H2,1H3,(H,13,14)/t7-/m0/s1. The largest absolute Gasteiger partial charge is 0.480 e. The number of aliphatic carboxylic acids is 1. The van der Waals surface area contributed by atoms with E-state index in [1.165, 1.54) is 12.5 Å². The summed E-state index contributed by atoms with van der Waals surface area (Å²) in [7, 11) is 0. The first-order valence-electron chi connectivity index (χ1n) is 4.73. The van der Waals surface area contributed by atoms with E-state index in [1.807, 2.05) is 0 Å². The maximum atomic E-state index is 11.4. The Morgan fingerprint density at radius 1 is 1.69 bits per heavy atom. The summed E-state index contributed by atoms with van der Waals surface area (Å²) in [6.45, 7) is 1.92. The van der Waals surface area contributed by atoms with Crippen molar-refractivity contribution >= 4 is 12.1 Å². The van der Waals surface area contributed by atoms with Crippen LogP contribution in [0.2, 0.25) is 0 Å². The van der Waals surface area contributed by atoms with Crippen molar-refractivity contribution < 1.29 is 19.4 Å². The first kappa shape index (κ1) is 12.2. The summed E-state index contributed by atoms with van der Waals surface area (Å²) in [6, 6.07) is -1.06. The van der Waals surface area contributed by atoms with E-state index in [1.54, 1.807) is 6.92 Å². The SMILES string of the molecule is CCOC(=O)n1cncc1C[C@H](N)C(=O)O. The minimum Gasteiger partial charge on any atom is -0.480 e. The molecule has 88 valence electrons. The van der Waals surface area contributed by atoms with Gasteiger partial charge < -0.3 is 15.6 Å². The molecule has 0 fully saturated rings. The van der Waals surface area contributed by atoms with E-state index >= 15 is 0 Å². The van der Waals surface area contributed by atoms with E-state index < -0.39 is 18.1 Å². The van der Waals surface area contributed by atoms with Crippen molar-refractivity contribution in [3.63, 3.8) is 0 Å². The number of hydrogen-bond donors (Lipinski definition) is 2. The first-order chi connectivity index (χ1) is 7.56. The average molecular weight is 227 g/mol. The van der Waals surface area contributed by atoms with Gasteiger partial charge in [0, 0.05) is 12.6 Å². The second kappa shape index (κ2) is 5.26. The number of nitrogens with two attached hydrogens (primary N) is 1. The average Bonchev–Trinajstić information content (AvgIpc) is 2.66.